The number of aromatic nitrogens is 2. The quantitative estimate of drug-likeness (QED) is 0.650. The van der Waals surface area contributed by atoms with E-state index in [0.29, 0.717) is 34.3 Å². The monoisotopic (exact) mass is 318 g/mol. The first kappa shape index (κ1) is 14.6. The summed E-state index contributed by atoms with van der Waals surface area (Å²) < 4.78 is 5.07. The summed E-state index contributed by atoms with van der Waals surface area (Å²) in [5, 5.41) is 3.08. The Bertz CT molecular complexity index is 726. The van der Waals surface area contributed by atoms with Gasteiger partial charge in [-0.3, -0.25) is 5.32 Å². The van der Waals surface area contributed by atoms with E-state index in [1.165, 1.54) is 0 Å². The highest BCUT2D eigenvalue weighted by Crippen LogP contribution is 2.33. The number of anilines is 1. The summed E-state index contributed by atoms with van der Waals surface area (Å²) in [4.78, 5) is 19.3. The summed E-state index contributed by atoms with van der Waals surface area (Å²) in [5.74, 6) is 0.603. The van der Waals surface area contributed by atoms with E-state index in [9.17, 15) is 4.79 Å². The van der Waals surface area contributed by atoms with Crippen LogP contribution >= 0.6 is 11.6 Å². The van der Waals surface area contributed by atoms with Crippen LogP contribution in [0.1, 0.15) is 18.3 Å². The molecule has 4 N–H and O–H groups in total. The van der Waals surface area contributed by atoms with Crippen molar-refractivity contribution in [3.63, 3.8) is 0 Å². The number of hydrogen-bond acceptors (Lipinski definition) is 4. The third-order valence-corrected chi connectivity index (χ3v) is 3.59. The van der Waals surface area contributed by atoms with Crippen molar-refractivity contribution in [2.75, 3.05) is 11.9 Å². The summed E-state index contributed by atoms with van der Waals surface area (Å²) in [6.45, 7) is 0.185. The van der Waals surface area contributed by atoms with Crippen molar-refractivity contribution in [1.82, 2.24) is 9.97 Å². The van der Waals surface area contributed by atoms with Crippen LogP contribution < -0.4 is 11.1 Å². The maximum Gasteiger partial charge on any atom is 0.411 e. The van der Waals surface area contributed by atoms with Crippen LogP contribution in [-0.4, -0.2) is 22.7 Å². The third kappa shape index (κ3) is 2.98. The molecule has 0 fully saturated rings. The number of nitrogens with one attached hydrogen (secondary N) is 2. The summed E-state index contributed by atoms with van der Waals surface area (Å²) in [5.41, 5.74) is 7.91. The molecule has 1 amide bonds. The molecule has 0 aliphatic carbocycles. The van der Waals surface area contributed by atoms with Gasteiger partial charge >= 0.3 is 6.09 Å². The van der Waals surface area contributed by atoms with Gasteiger partial charge in [-0.15, -0.1) is 0 Å². The molecule has 0 saturated heterocycles. The van der Waals surface area contributed by atoms with Crippen LogP contribution in [0.4, 0.5) is 10.5 Å². The molecule has 0 radical (unpaired) electrons. The number of rotatable bonds is 0. The normalized spacial score (nSPS) is 19.7. The van der Waals surface area contributed by atoms with Gasteiger partial charge in [0, 0.05) is 5.56 Å². The van der Waals surface area contributed by atoms with Gasteiger partial charge in [-0.2, -0.15) is 0 Å². The number of carbonyl (C=O) groups is 1. The number of hydrogen-bond donors (Lipinski definition) is 3. The second-order valence-corrected chi connectivity index (χ2v) is 5.25. The number of ether oxygens (including phenoxy) is 1. The zero-order valence-electron chi connectivity index (χ0n) is 11.7. The summed E-state index contributed by atoms with van der Waals surface area (Å²) in [6, 6.07) is 6.93. The second-order valence-electron chi connectivity index (χ2n) is 4.87. The topological polar surface area (TPSA) is 93.0 Å². The molecular weight excluding hydrogens is 304 g/mol. The van der Waals surface area contributed by atoms with Crippen LogP contribution in [0.15, 0.2) is 36.4 Å². The minimum absolute atomic E-state index is 0.185. The first-order valence-electron chi connectivity index (χ1n) is 6.84. The van der Waals surface area contributed by atoms with Gasteiger partial charge in [0.1, 0.15) is 23.3 Å². The molecule has 0 spiro atoms. The molecule has 6 nitrogen and oxygen atoms in total. The number of aromatic amines is 1. The van der Waals surface area contributed by atoms with E-state index in [1.807, 2.05) is 24.3 Å². The fourth-order valence-corrected chi connectivity index (χ4v) is 2.46. The van der Waals surface area contributed by atoms with E-state index >= 15 is 0 Å². The zero-order chi connectivity index (χ0) is 15.5. The van der Waals surface area contributed by atoms with E-state index in [-0.39, 0.29) is 12.6 Å². The minimum atomic E-state index is -0.535. The number of H-pyrrole nitrogens is 1. The number of imidazole rings is 1. The lowest BCUT2D eigenvalue weighted by Gasteiger charge is -2.09. The van der Waals surface area contributed by atoms with Gasteiger partial charge in [0.05, 0.1) is 11.7 Å². The number of nitrogens with two attached hydrogens (primary N) is 1. The first-order valence-corrected chi connectivity index (χ1v) is 7.22. The largest absolute Gasteiger partial charge is 0.445 e. The van der Waals surface area contributed by atoms with Crippen molar-refractivity contribution in [3.05, 3.63) is 47.4 Å². The fourth-order valence-electron chi connectivity index (χ4n) is 2.21. The predicted octanol–water partition coefficient (Wildman–Crippen LogP) is 3.24. The molecule has 3 rings (SSSR count). The number of carbonyl (C=O) groups excluding carboxylic acids is 1. The Labute approximate surface area is 132 Å². The van der Waals surface area contributed by atoms with Crippen molar-refractivity contribution >= 4 is 23.4 Å². The fraction of sp³-hybridized carbons (Fsp3) is 0.200. The molecule has 1 aliphatic rings. The van der Waals surface area contributed by atoms with E-state index < -0.39 is 6.09 Å². The molecule has 0 saturated carbocycles. The van der Waals surface area contributed by atoms with Crippen LogP contribution in [-0.2, 0) is 4.74 Å². The van der Waals surface area contributed by atoms with Crippen LogP contribution in [0.5, 0.6) is 0 Å². The number of cyclic esters (lactones) is 1. The van der Waals surface area contributed by atoms with Crippen molar-refractivity contribution in [2.24, 2.45) is 5.73 Å². The van der Waals surface area contributed by atoms with Crippen LogP contribution in [0, 0.1) is 0 Å². The summed E-state index contributed by atoms with van der Waals surface area (Å²) in [7, 11) is 0. The Morgan fingerprint density at radius 1 is 1.32 bits per heavy atom. The lowest BCUT2D eigenvalue weighted by atomic mass is 10.1. The van der Waals surface area contributed by atoms with Crippen LogP contribution in [0.3, 0.4) is 0 Å². The zero-order valence-corrected chi connectivity index (χ0v) is 12.4. The molecule has 7 heteroatoms. The first-order chi connectivity index (χ1) is 10.6. The lowest BCUT2D eigenvalue weighted by Crippen LogP contribution is -2.14. The minimum Gasteiger partial charge on any atom is -0.445 e. The average Bonchev–Trinajstić information content (AvgIpc) is 2.89. The number of nitrogens with zero attached hydrogens (tertiary/aromatic N) is 1. The van der Waals surface area contributed by atoms with Gasteiger partial charge in [-0.1, -0.05) is 42.0 Å². The SMILES string of the molecule is N[C@H]1C/C=C/COC(=O)Nc2ccccc2-c2nc1[nH]c2Cl. The van der Waals surface area contributed by atoms with E-state index in [2.05, 4.69) is 15.3 Å². The van der Waals surface area contributed by atoms with Gasteiger partial charge in [0.2, 0.25) is 0 Å². The molecule has 2 bridgehead atoms. The highest BCUT2D eigenvalue weighted by molar-refractivity contribution is 6.32. The van der Waals surface area contributed by atoms with Crippen LogP contribution in [0.2, 0.25) is 5.15 Å². The maximum absolute atomic E-state index is 11.8. The van der Waals surface area contributed by atoms with Crippen molar-refractivity contribution in [3.8, 4) is 11.3 Å². The number of benzene rings is 1. The van der Waals surface area contributed by atoms with E-state index in [1.54, 1.807) is 12.1 Å². The average molecular weight is 319 g/mol. The molecule has 1 aromatic carbocycles. The predicted molar refractivity (Wildman–Crippen MR) is 84.7 cm³/mol. The molecule has 1 aromatic heterocycles. The molecule has 1 atom stereocenters. The van der Waals surface area contributed by atoms with Gasteiger partial charge in [0.15, 0.2) is 0 Å². The van der Waals surface area contributed by atoms with Gasteiger partial charge in [0.25, 0.3) is 0 Å². The molecule has 114 valence electrons. The number of fused-ring (bicyclic) bond motifs is 4. The van der Waals surface area contributed by atoms with Crippen molar-refractivity contribution in [1.29, 1.82) is 0 Å². The highest BCUT2D eigenvalue weighted by atomic mass is 35.5. The molecule has 22 heavy (non-hydrogen) atoms. The Morgan fingerprint density at radius 2 is 2.14 bits per heavy atom. The number of amides is 1. The smallest absolute Gasteiger partial charge is 0.411 e. The molecule has 2 aromatic rings. The van der Waals surface area contributed by atoms with Gasteiger partial charge in [-0.05, 0) is 12.5 Å². The third-order valence-electron chi connectivity index (χ3n) is 3.32. The Balaban J connectivity index is 2.09. The van der Waals surface area contributed by atoms with Crippen molar-refractivity contribution < 1.29 is 9.53 Å². The number of halogens is 1. The maximum atomic E-state index is 11.8. The molecule has 2 heterocycles. The standard InChI is InChI=1S/C15H15ClN4O2/c16-13-12-9-5-1-2-7-11(9)18-15(21)22-8-4-3-6-10(17)14(19-12)20-13/h1-5,7,10H,6,8,17H2,(H,18,21)(H,19,20)/b4-3+/t10-/m0/s1. The van der Waals surface area contributed by atoms with Gasteiger partial charge in [-0.25, -0.2) is 9.78 Å². The Kier molecular flexibility index (Phi) is 4.13. The summed E-state index contributed by atoms with van der Waals surface area (Å²) in [6.07, 6.45) is 3.62. The lowest BCUT2D eigenvalue weighted by molar-refractivity contribution is 0.174. The Morgan fingerprint density at radius 3 is 3.00 bits per heavy atom. The number of para-hydroxylation sites is 1. The molecular formula is C15H15ClN4O2. The highest BCUT2D eigenvalue weighted by Gasteiger charge is 2.18. The molecule has 0 unspecified atom stereocenters. The molecule has 1 aliphatic heterocycles. The second kappa shape index (κ2) is 6.21. The van der Waals surface area contributed by atoms with E-state index in [4.69, 9.17) is 22.1 Å². The summed E-state index contributed by atoms with van der Waals surface area (Å²) >= 11 is 6.24. The van der Waals surface area contributed by atoms with Gasteiger partial charge < -0.3 is 15.5 Å². The Hall–Kier alpha value is -2.31. The van der Waals surface area contributed by atoms with Crippen molar-refractivity contribution in [2.45, 2.75) is 12.5 Å². The van der Waals surface area contributed by atoms with Crippen LogP contribution in [0.25, 0.3) is 11.3 Å². The van der Waals surface area contributed by atoms with E-state index in [0.717, 1.165) is 0 Å².